The van der Waals surface area contributed by atoms with Crippen molar-refractivity contribution < 1.29 is 0 Å². The minimum Gasteiger partial charge on any atom is -0.312 e. The van der Waals surface area contributed by atoms with Crippen molar-refractivity contribution in [1.29, 1.82) is 0 Å². The zero-order chi connectivity index (χ0) is 13.8. The minimum atomic E-state index is 0.521. The van der Waals surface area contributed by atoms with Crippen LogP contribution in [0.3, 0.4) is 0 Å². The standard InChI is InChI=1S/C14H25N3S2/c1-5-15-12(13-9-18-7-6-17(13)4)8-14-16-10(2)11(3)19-14/h12-13,15H,5-9H2,1-4H3. The van der Waals surface area contributed by atoms with Crippen LogP contribution in [0, 0.1) is 13.8 Å². The SMILES string of the molecule is CCNC(Cc1nc(C)c(C)s1)C1CSCCN1C. The molecule has 1 fully saturated rings. The van der Waals surface area contributed by atoms with Crippen molar-refractivity contribution in [2.75, 3.05) is 31.6 Å². The van der Waals surface area contributed by atoms with E-state index in [1.807, 2.05) is 11.3 Å². The fourth-order valence-corrected chi connectivity index (χ4v) is 4.85. The van der Waals surface area contributed by atoms with Crippen LogP contribution in [0.5, 0.6) is 0 Å². The van der Waals surface area contributed by atoms with Crippen molar-refractivity contribution in [2.45, 2.75) is 39.3 Å². The Morgan fingerprint density at radius 2 is 2.26 bits per heavy atom. The number of aromatic nitrogens is 1. The van der Waals surface area contributed by atoms with Gasteiger partial charge in [-0.3, -0.25) is 0 Å². The fourth-order valence-electron chi connectivity index (χ4n) is 2.55. The Morgan fingerprint density at radius 3 is 2.84 bits per heavy atom. The molecule has 1 saturated heterocycles. The fraction of sp³-hybridized carbons (Fsp3) is 0.786. The van der Waals surface area contributed by atoms with Crippen molar-refractivity contribution in [3.63, 3.8) is 0 Å². The summed E-state index contributed by atoms with van der Waals surface area (Å²) in [5, 5.41) is 4.95. The predicted molar refractivity (Wildman–Crippen MR) is 86.5 cm³/mol. The predicted octanol–water partition coefficient (Wildman–Crippen LogP) is 2.33. The van der Waals surface area contributed by atoms with Crippen LogP contribution in [0.2, 0.25) is 0 Å². The highest BCUT2D eigenvalue weighted by Gasteiger charge is 2.28. The number of hydrogen-bond donors (Lipinski definition) is 1. The average molecular weight is 300 g/mol. The van der Waals surface area contributed by atoms with Crippen LogP contribution in [-0.4, -0.2) is 53.6 Å². The summed E-state index contributed by atoms with van der Waals surface area (Å²) in [6, 6.07) is 1.15. The van der Waals surface area contributed by atoms with Gasteiger partial charge in [0.2, 0.25) is 0 Å². The topological polar surface area (TPSA) is 28.2 Å². The number of aryl methyl sites for hydroxylation is 2. The molecular weight excluding hydrogens is 274 g/mol. The summed E-state index contributed by atoms with van der Waals surface area (Å²) >= 11 is 3.94. The Morgan fingerprint density at radius 1 is 1.47 bits per heavy atom. The zero-order valence-corrected chi connectivity index (χ0v) is 14.0. The van der Waals surface area contributed by atoms with Crippen LogP contribution in [-0.2, 0) is 6.42 Å². The molecule has 0 spiro atoms. The van der Waals surface area contributed by atoms with Crippen LogP contribution in [0.15, 0.2) is 0 Å². The quantitative estimate of drug-likeness (QED) is 0.903. The van der Waals surface area contributed by atoms with E-state index in [0.717, 1.165) is 13.0 Å². The van der Waals surface area contributed by atoms with Gasteiger partial charge in [0, 0.05) is 41.4 Å². The number of thiazole rings is 1. The Bertz CT molecular complexity index is 386. The lowest BCUT2D eigenvalue weighted by Crippen LogP contribution is -2.53. The van der Waals surface area contributed by atoms with Crippen molar-refractivity contribution in [3.05, 3.63) is 15.6 Å². The summed E-state index contributed by atoms with van der Waals surface area (Å²) in [7, 11) is 2.26. The average Bonchev–Trinajstić information content (AvgIpc) is 2.68. The first kappa shape index (κ1) is 15.3. The summed E-state index contributed by atoms with van der Waals surface area (Å²) in [5.41, 5.74) is 1.20. The van der Waals surface area contributed by atoms with Gasteiger partial charge in [-0.05, 0) is 27.4 Å². The molecule has 0 aromatic carbocycles. The minimum absolute atomic E-state index is 0.521. The first-order valence-corrected chi connectivity index (χ1v) is 9.03. The van der Waals surface area contributed by atoms with E-state index in [0.29, 0.717) is 12.1 Å². The van der Waals surface area contributed by atoms with E-state index >= 15 is 0 Å². The van der Waals surface area contributed by atoms with Crippen molar-refractivity contribution in [2.24, 2.45) is 0 Å². The molecule has 5 heteroatoms. The smallest absolute Gasteiger partial charge is 0.0947 e. The summed E-state index contributed by atoms with van der Waals surface area (Å²) in [6.07, 6.45) is 1.06. The van der Waals surface area contributed by atoms with E-state index in [2.05, 4.69) is 49.8 Å². The lowest BCUT2D eigenvalue weighted by atomic mass is 10.1. The van der Waals surface area contributed by atoms with Crippen LogP contribution in [0.4, 0.5) is 0 Å². The van der Waals surface area contributed by atoms with Gasteiger partial charge in [0.25, 0.3) is 0 Å². The van der Waals surface area contributed by atoms with Crippen molar-refractivity contribution in [3.8, 4) is 0 Å². The molecule has 1 aliphatic rings. The van der Waals surface area contributed by atoms with Gasteiger partial charge in [-0.2, -0.15) is 11.8 Å². The number of nitrogens with zero attached hydrogens (tertiary/aromatic N) is 2. The molecule has 19 heavy (non-hydrogen) atoms. The first-order valence-electron chi connectivity index (χ1n) is 7.06. The van der Waals surface area contributed by atoms with Crippen LogP contribution < -0.4 is 5.32 Å². The molecule has 1 aromatic heterocycles. The summed E-state index contributed by atoms with van der Waals surface area (Å²) in [4.78, 5) is 8.57. The Labute approximate surface area is 125 Å². The van der Waals surface area contributed by atoms with Crippen molar-refractivity contribution in [1.82, 2.24) is 15.2 Å². The monoisotopic (exact) mass is 299 g/mol. The normalized spacial score (nSPS) is 22.6. The van der Waals surface area contributed by atoms with E-state index in [4.69, 9.17) is 4.98 Å². The number of likely N-dealkylation sites (N-methyl/N-ethyl adjacent to an activating group) is 2. The van der Waals surface area contributed by atoms with Gasteiger partial charge >= 0.3 is 0 Å². The lowest BCUT2D eigenvalue weighted by molar-refractivity contribution is 0.215. The third kappa shape index (κ3) is 3.94. The molecule has 108 valence electrons. The lowest BCUT2D eigenvalue weighted by Gasteiger charge is -2.38. The summed E-state index contributed by atoms with van der Waals surface area (Å²) in [6.45, 7) is 8.71. The van der Waals surface area contributed by atoms with Crippen LogP contribution in [0.25, 0.3) is 0 Å². The van der Waals surface area contributed by atoms with E-state index in [1.54, 1.807) is 0 Å². The molecule has 2 atom stereocenters. The second-order valence-corrected chi connectivity index (χ2v) is 7.68. The van der Waals surface area contributed by atoms with Gasteiger partial charge in [-0.25, -0.2) is 4.98 Å². The molecule has 1 N–H and O–H groups in total. The van der Waals surface area contributed by atoms with Gasteiger partial charge in [0.1, 0.15) is 0 Å². The Balaban J connectivity index is 2.06. The highest BCUT2D eigenvalue weighted by molar-refractivity contribution is 7.99. The molecule has 0 bridgehead atoms. The highest BCUT2D eigenvalue weighted by Crippen LogP contribution is 2.23. The molecule has 0 amide bonds. The third-order valence-corrected chi connectivity index (χ3v) is 5.98. The Kier molecular flexibility index (Phi) is 5.69. The number of thioether (sulfide) groups is 1. The molecule has 0 saturated carbocycles. The molecule has 0 radical (unpaired) electrons. The number of rotatable bonds is 5. The molecule has 2 unspecified atom stereocenters. The molecule has 2 heterocycles. The van der Waals surface area contributed by atoms with Crippen molar-refractivity contribution >= 4 is 23.1 Å². The largest absolute Gasteiger partial charge is 0.312 e. The van der Waals surface area contributed by atoms with Gasteiger partial charge < -0.3 is 10.2 Å². The molecule has 2 rings (SSSR count). The van der Waals surface area contributed by atoms with Gasteiger partial charge in [0.15, 0.2) is 0 Å². The maximum absolute atomic E-state index is 4.71. The second kappa shape index (κ2) is 7.07. The number of nitrogens with one attached hydrogen (secondary N) is 1. The Hall–Kier alpha value is -0.100. The van der Waals surface area contributed by atoms with Gasteiger partial charge in [-0.1, -0.05) is 6.92 Å². The van der Waals surface area contributed by atoms with Crippen LogP contribution in [0.1, 0.15) is 22.5 Å². The maximum Gasteiger partial charge on any atom is 0.0947 e. The first-order chi connectivity index (χ1) is 9.11. The molecular formula is C14H25N3S2. The second-order valence-electron chi connectivity index (χ2n) is 5.24. The zero-order valence-electron chi connectivity index (χ0n) is 12.4. The van der Waals surface area contributed by atoms with E-state index in [9.17, 15) is 0 Å². The molecule has 3 nitrogen and oxygen atoms in total. The summed E-state index contributed by atoms with van der Waals surface area (Å²) in [5.74, 6) is 2.50. The van der Waals surface area contributed by atoms with Gasteiger partial charge in [-0.15, -0.1) is 11.3 Å². The molecule has 1 aliphatic heterocycles. The highest BCUT2D eigenvalue weighted by atomic mass is 32.2. The summed E-state index contributed by atoms with van der Waals surface area (Å²) < 4.78 is 0. The van der Waals surface area contributed by atoms with E-state index < -0.39 is 0 Å². The van der Waals surface area contributed by atoms with Crippen LogP contribution >= 0.6 is 23.1 Å². The number of hydrogen-bond acceptors (Lipinski definition) is 5. The van der Waals surface area contributed by atoms with E-state index in [1.165, 1.54) is 33.6 Å². The molecule has 0 aliphatic carbocycles. The molecule has 1 aromatic rings. The maximum atomic E-state index is 4.71. The van der Waals surface area contributed by atoms with Gasteiger partial charge in [0.05, 0.1) is 10.7 Å². The third-order valence-electron chi connectivity index (χ3n) is 3.84. The van der Waals surface area contributed by atoms with E-state index in [-0.39, 0.29) is 0 Å².